The Morgan fingerprint density at radius 1 is 1.53 bits per heavy atom. The van der Waals surface area contributed by atoms with Crippen LogP contribution >= 0.6 is 0 Å². The largest absolute Gasteiger partial charge is 0.392 e. The Morgan fingerprint density at radius 3 is 2.93 bits per heavy atom. The first-order valence-electron chi connectivity index (χ1n) is 5.52. The van der Waals surface area contributed by atoms with Crippen LogP contribution in [0.3, 0.4) is 0 Å². The second-order valence-electron chi connectivity index (χ2n) is 4.42. The van der Waals surface area contributed by atoms with Gasteiger partial charge in [0.05, 0.1) is 11.8 Å². The molecule has 1 heterocycles. The van der Waals surface area contributed by atoms with Crippen molar-refractivity contribution in [3.63, 3.8) is 0 Å². The summed E-state index contributed by atoms with van der Waals surface area (Å²) in [5, 5.41) is 9.78. The van der Waals surface area contributed by atoms with Gasteiger partial charge in [0.25, 0.3) is 0 Å². The highest BCUT2D eigenvalue weighted by Crippen LogP contribution is 2.32. The van der Waals surface area contributed by atoms with Crippen LogP contribution in [0.15, 0.2) is 24.4 Å². The van der Waals surface area contributed by atoms with Crippen molar-refractivity contribution in [1.29, 1.82) is 0 Å². The van der Waals surface area contributed by atoms with Gasteiger partial charge in [-0.1, -0.05) is 6.07 Å². The number of likely N-dealkylation sites (N-methyl/N-ethyl adjacent to an activating group) is 1. The topological polar surface area (TPSA) is 36.4 Å². The summed E-state index contributed by atoms with van der Waals surface area (Å²) < 4.78 is 0. The highest BCUT2D eigenvalue weighted by molar-refractivity contribution is 5.03. The molecule has 1 saturated carbocycles. The lowest BCUT2D eigenvalue weighted by Gasteiger charge is -2.19. The van der Waals surface area contributed by atoms with E-state index in [1.165, 1.54) is 12.8 Å². The summed E-state index contributed by atoms with van der Waals surface area (Å²) in [6, 6.07) is 5.93. The molecular formula is C12H18N2O. The van der Waals surface area contributed by atoms with E-state index in [2.05, 4.69) is 9.88 Å². The first-order valence-corrected chi connectivity index (χ1v) is 5.52. The molecule has 0 aromatic carbocycles. The number of nitrogens with zero attached hydrogens (tertiary/aromatic N) is 2. The zero-order valence-corrected chi connectivity index (χ0v) is 9.13. The van der Waals surface area contributed by atoms with Gasteiger partial charge < -0.3 is 5.11 Å². The highest BCUT2D eigenvalue weighted by atomic mass is 16.3. The van der Waals surface area contributed by atoms with Crippen LogP contribution in [0.25, 0.3) is 0 Å². The minimum absolute atomic E-state index is 0.154. The molecule has 1 aromatic rings. The van der Waals surface area contributed by atoms with E-state index in [1.807, 2.05) is 25.2 Å². The number of aliphatic hydroxyl groups is 1. The lowest BCUT2D eigenvalue weighted by atomic mass is 10.2. The summed E-state index contributed by atoms with van der Waals surface area (Å²) in [5.74, 6) is 0.552. The number of hydrogen-bond donors (Lipinski definition) is 1. The number of pyridine rings is 1. The minimum atomic E-state index is -0.154. The zero-order valence-electron chi connectivity index (χ0n) is 9.13. The Morgan fingerprint density at radius 2 is 2.33 bits per heavy atom. The van der Waals surface area contributed by atoms with Crippen molar-refractivity contribution in [2.75, 3.05) is 13.6 Å². The number of rotatable bonds is 5. The number of aromatic nitrogens is 1. The molecule has 15 heavy (non-hydrogen) atoms. The molecule has 82 valence electrons. The second-order valence-corrected chi connectivity index (χ2v) is 4.42. The average molecular weight is 206 g/mol. The fourth-order valence-electron chi connectivity index (χ4n) is 1.78. The molecule has 2 rings (SSSR count). The quantitative estimate of drug-likeness (QED) is 0.788. The fraction of sp³-hybridized carbons (Fsp3) is 0.583. The van der Waals surface area contributed by atoms with Crippen molar-refractivity contribution in [3.8, 4) is 0 Å². The van der Waals surface area contributed by atoms with E-state index in [9.17, 15) is 5.11 Å². The molecule has 0 spiro atoms. The Labute approximate surface area is 90.8 Å². The van der Waals surface area contributed by atoms with Crippen LogP contribution in [0.2, 0.25) is 0 Å². The number of aliphatic hydroxyl groups excluding tert-OH is 1. The molecule has 1 fully saturated rings. The van der Waals surface area contributed by atoms with E-state index in [0.29, 0.717) is 5.92 Å². The van der Waals surface area contributed by atoms with Crippen LogP contribution in [0.5, 0.6) is 0 Å². The van der Waals surface area contributed by atoms with Crippen LogP contribution in [0.1, 0.15) is 18.5 Å². The molecule has 3 heteroatoms. The van der Waals surface area contributed by atoms with Crippen LogP contribution in [0.4, 0.5) is 0 Å². The third-order valence-electron chi connectivity index (χ3n) is 2.82. The molecule has 0 saturated heterocycles. The van der Waals surface area contributed by atoms with Gasteiger partial charge in [0, 0.05) is 19.3 Å². The van der Waals surface area contributed by atoms with Crippen molar-refractivity contribution in [1.82, 2.24) is 9.88 Å². The highest BCUT2D eigenvalue weighted by Gasteiger charge is 2.30. The smallest absolute Gasteiger partial charge is 0.0695 e. The standard InChI is InChI=1S/C12H18N2O/c1-14(9-12(15)10-5-6-10)8-11-4-2-3-7-13-11/h2-4,7,10,12,15H,5-6,8-9H2,1H3. The van der Waals surface area contributed by atoms with Gasteiger partial charge in [-0.05, 0) is 37.9 Å². The molecule has 3 nitrogen and oxygen atoms in total. The maximum absolute atomic E-state index is 9.78. The maximum atomic E-state index is 9.78. The molecule has 1 aromatic heterocycles. The molecule has 0 radical (unpaired) electrons. The van der Waals surface area contributed by atoms with Gasteiger partial charge in [0.15, 0.2) is 0 Å². The SMILES string of the molecule is CN(Cc1ccccn1)CC(O)C1CC1. The van der Waals surface area contributed by atoms with Crippen molar-refractivity contribution in [2.24, 2.45) is 5.92 Å². The molecule has 0 bridgehead atoms. The van der Waals surface area contributed by atoms with E-state index in [1.54, 1.807) is 6.20 Å². The van der Waals surface area contributed by atoms with Crippen LogP contribution in [-0.4, -0.2) is 34.7 Å². The third-order valence-corrected chi connectivity index (χ3v) is 2.82. The Hall–Kier alpha value is -0.930. The van der Waals surface area contributed by atoms with E-state index in [4.69, 9.17) is 0 Å². The summed E-state index contributed by atoms with van der Waals surface area (Å²) in [7, 11) is 2.03. The van der Waals surface area contributed by atoms with Crippen LogP contribution in [0, 0.1) is 5.92 Å². The number of hydrogen-bond acceptors (Lipinski definition) is 3. The molecule has 1 unspecified atom stereocenters. The molecular weight excluding hydrogens is 188 g/mol. The Bertz CT molecular complexity index is 298. The average Bonchev–Trinajstić information content (AvgIpc) is 3.01. The Balaban J connectivity index is 1.79. The van der Waals surface area contributed by atoms with Gasteiger partial charge in [-0.15, -0.1) is 0 Å². The van der Waals surface area contributed by atoms with Crippen LogP contribution < -0.4 is 0 Å². The van der Waals surface area contributed by atoms with Gasteiger partial charge in [0.2, 0.25) is 0 Å². The summed E-state index contributed by atoms with van der Waals surface area (Å²) >= 11 is 0. The van der Waals surface area contributed by atoms with E-state index in [0.717, 1.165) is 18.8 Å². The molecule has 1 aliphatic rings. The van der Waals surface area contributed by atoms with E-state index >= 15 is 0 Å². The van der Waals surface area contributed by atoms with Crippen molar-refractivity contribution in [3.05, 3.63) is 30.1 Å². The van der Waals surface area contributed by atoms with Crippen molar-refractivity contribution in [2.45, 2.75) is 25.5 Å². The zero-order chi connectivity index (χ0) is 10.7. The molecule has 1 N–H and O–H groups in total. The van der Waals surface area contributed by atoms with Gasteiger partial charge in [0.1, 0.15) is 0 Å². The maximum Gasteiger partial charge on any atom is 0.0695 e. The predicted octanol–water partition coefficient (Wildman–Crippen LogP) is 1.28. The van der Waals surface area contributed by atoms with Crippen LogP contribution in [-0.2, 0) is 6.54 Å². The summed E-state index contributed by atoms with van der Waals surface area (Å²) in [5.41, 5.74) is 1.06. The first-order chi connectivity index (χ1) is 7.25. The molecule has 0 aliphatic heterocycles. The normalized spacial score (nSPS) is 18.1. The van der Waals surface area contributed by atoms with Gasteiger partial charge in [-0.3, -0.25) is 9.88 Å². The van der Waals surface area contributed by atoms with Crippen molar-refractivity contribution < 1.29 is 5.11 Å². The molecule has 0 amide bonds. The Kier molecular flexibility index (Phi) is 3.34. The summed E-state index contributed by atoms with van der Waals surface area (Å²) in [4.78, 5) is 6.39. The third kappa shape index (κ3) is 3.29. The van der Waals surface area contributed by atoms with Crippen molar-refractivity contribution >= 4 is 0 Å². The van der Waals surface area contributed by atoms with Gasteiger partial charge in [-0.25, -0.2) is 0 Å². The lowest BCUT2D eigenvalue weighted by molar-refractivity contribution is 0.104. The lowest BCUT2D eigenvalue weighted by Crippen LogP contribution is -2.30. The van der Waals surface area contributed by atoms with E-state index < -0.39 is 0 Å². The van der Waals surface area contributed by atoms with Gasteiger partial charge >= 0.3 is 0 Å². The summed E-state index contributed by atoms with van der Waals surface area (Å²) in [6.07, 6.45) is 4.04. The van der Waals surface area contributed by atoms with Gasteiger partial charge in [-0.2, -0.15) is 0 Å². The molecule has 1 aliphatic carbocycles. The van der Waals surface area contributed by atoms with E-state index in [-0.39, 0.29) is 6.10 Å². The summed E-state index contributed by atoms with van der Waals surface area (Å²) in [6.45, 7) is 1.56. The molecule has 1 atom stereocenters. The monoisotopic (exact) mass is 206 g/mol. The second kappa shape index (κ2) is 4.73. The fourth-order valence-corrected chi connectivity index (χ4v) is 1.78. The first kappa shape index (κ1) is 10.6. The predicted molar refractivity (Wildman–Crippen MR) is 59.3 cm³/mol. The minimum Gasteiger partial charge on any atom is -0.392 e.